The van der Waals surface area contributed by atoms with Crippen molar-refractivity contribution in [2.75, 3.05) is 0 Å². The summed E-state index contributed by atoms with van der Waals surface area (Å²) in [6, 6.07) is 5.98. The van der Waals surface area contributed by atoms with E-state index < -0.39 is 5.92 Å². The van der Waals surface area contributed by atoms with Gasteiger partial charge in [0.15, 0.2) is 0 Å². The van der Waals surface area contributed by atoms with Gasteiger partial charge >= 0.3 is 0 Å². The molecule has 66 valence electrons. The van der Waals surface area contributed by atoms with Gasteiger partial charge in [-0.25, -0.2) is 8.78 Å². The number of alkyl halides is 2. The first-order valence-electron chi connectivity index (χ1n) is 3.63. The van der Waals surface area contributed by atoms with E-state index in [-0.39, 0.29) is 17.7 Å². The molecule has 0 bridgehead atoms. The largest absolute Gasteiger partial charge is 0.392 e. The molecule has 12 heavy (non-hydrogen) atoms. The third kappa shape index (κ3) is 1.80. The zero-order valence-corrected chi connectivity index (χ0v) is 6.72. The highest BCUT2D eigenvalue weighted by molar-refractivity contribution is 5.29. The molecule has 0 saturated carbocycles. The Morgan fingerprint density at radius 2 is 1.92 bits per heavy atom. The van der Waals surface area contributed by atoms with Crippen LogP contribution in [0, 0.1) is 0 Å². The first-order valence-corrected chi connectivity index (χ1v) is 3.63. The lowest BCUT2D eigenvalue weighted by molar-refractivity contribution is 0.0154. The molecule has 1 N–H and O–H groups in total. The number of hydrogen-bond acceptors (Lipinski definition) is 1. The van der Waals surface area contributed by atoms with Crippen LogP contribution in [0.3, 0.4) is 0 Å². The van der Waals surface area contributed by atoms with Crippen molar-refractivity contribution in [1.82, 2.24) is 0 Å². The first-order chi connectivity index (χ1) is 5.55. The van der Waals surface area contributed by atoms with Gasteiger partial charge in [0.2, 0.25) is 0 Å². The Bertz CT molecular complexity index is 265. The summed E-state index contributed by atoms with van der Waals surface area (Å²) in [5.41, 5.74) is 0.178. The fourth-order valence-electron chi connectivity index (χ4n) is 1.09. The fraction of sp³-hybridized carbons (Fsp3) is 0.333. The Labute approximate surface area is 69.7 Å². The van der Waals surface area contributed by atoms with E-state index in [1.807, 2.05) is 0 Å². The molecule has 0 radical (unpaired) electrons. The Balaban J connectivity index is 3.14. The van der Waals surface area contributed by atoms with E-state index >= 15 is 0 Å². The maximum absolute atomic E-state index is 12.8. The van der Waals surface area contributed by atoms with Gasteiger partial charge in [0.1, 0.15) is 0 Å². The van der Waals surface area contributed by atoms with E-state index in [9.17, 15) is 8.78 Å². The molecule has 0 aliphatic rings. The van der Waals surface area contributed by atoms with Gasteiger partial charge in [-0.05, 0) is 5.56 Å². The number of halogens is 2. The lowest BCUT2D eigenvalue weighted by Gasteiger charge is -2.13. The maximum atomic E-state index is 12.8. The van der Waals surface area contributed by atoms with Crippen LogP contribution in [-0.2, 0) is 12.5 Å². The van der Waals surface area contributed by atoms with Crippen LogP contribution < -0.4 is 0 Å². The van der Waals surface area contributed by atoms with E-state index in [0.29, 0.717) is 0 Å². The topological polar surface area (TPSA) is 20.2 Å². The monoisotopic (exact) mass is 172 g/mol. The van der Waals surface area contributed by atoms with Crippen LogP contribution in [0.4, 0.5) is 8.78 Å². The van der Waals surface area contributed by atoms with Gasteiger partial charge in [0, 0.05) is 12.5 Å². The number of benzene rings is 1. The summed E-state index contributed by atoms with van der Waals surface area (Å²) in [6.07, 6.45) is 0. The van der Waals surface area contributed by atoms with Crippen LogP contribution in [0.2, 0.25) is 0 Å². The van der Waals surface area contributed by atoms with Crippen LogP contribution in [0.25, 0.3) is 0 Å². The molecule has 0 aromatic heterocycles. The second-order valence-corrected chi connectivity index (χ2v) is 2.70. The van der Waals surface area contributed by atoms with Gasteiger partial charge in [0.25, 0.3) is 5.92 Å². The smallest absolute Gasteiger partial charge is 0.270 e. The quantitative estimate of drug-likeness (QED) is 0.725. The highest BCUT2D eigenvalue weighted by atomic mass is 19.3. The number of aliphatic hydroxyl groups excluding tert-OH is 1. The number of hydrogen-bond donors (Lipinski definition) is 1. The molecule has 1 nitrogen and oxygen atoms in total. The maximum Gasteiger partial charge on any atom is 0.270 e. The summed E-state index contributed by atoms with van der Waals surface area (Å²) in [5, 5.41) is 8.75. The second kappa shape index (κ2) is 3.19. The normalized spacial score (nSPS) is 11.7. The van der Waals surface area contributed by atoms with E-state index in [2.05, 4.69) is 0 Å². The molecule has 0 amide bonds. The predicted molar refractivity (Wildman–Crippen MR) is 41.9 cm³/mol. The molecule has 0 heterocycles. The van der Waals surface area contributed by atoms with Crippen LogP contribution in [0.15, 0.2) is 24.3 Å². The van der Waals surface area contributed by atoms with Gasteiger partial charge in [-0.15, -0.1) is 0 Å². The molecular formula is C9H10F2O. The van der Waals surface area contributed by atoms with E-state index in [0.717, 1.165) is 6.92 Å². The minimum atomic E-state index is -2.88. The van der Waals surface area contributed by atoms with Crippen molar-refractivity contribution in [2.24, 2.45) is 0 Å². The molecule has 0 atom stereocenters. The average Bonchev–Trinajstić information content (AvgIpc) is 2.03. The highest BCUT2D eigenvalue weighted by Crippen LogP contribution is 2.29. The summed E-state index contributed by atoms with van der Waals surface area (Å²) in [6.45, 7) is 0.473. The predicted octanol–water partition coefficient (Wildman–Crippen LogP) is 2.29. The summed E-state index contributed by atoms with van der Waals surface area (Å²) >= 11 is 0. The summed E-state index contributed by atoms with van der Waals surface area (Å²) in [7, 11) is 0. The van der Waals surface area contributed by atoms with Crippen molar-refractivity contribution in [2.45, 2.75) is 19.5 Å². The van der Waals surface area contributed by atoms with Gasteiger partial charge < -0.3 is 5.11 Å². The van der Waals surface area contributed by atoms with Gasteiger partial charge in [-0.1, -0.05) is 24.3 Å². The molecule has 0 aliphatic heterocycles. The molecule has 0 unspecified atom stereocenters. The van der Waals surface area contributed by atoms with E-state index in [1.165, 1.54) is 18.2 Å². The third-order valence-electron chi connectivity index (χ3n) is 1.66. The molecule has 0 fully saturated rings. The van der Waals surface area contributed by atoms with Crippen LogP contribution in [0.1, 0.15) is 18.1 Å². The third-order valence-corrected chi connectivity index (χ3v) is 1.66. The van der Waals surface area contributed by atoms with Crippen molar-refractivity contribution < 1.29 is 13.9 Å². The van der Waals surface area contributed by atoms with Crippen molar-refractivity contribution >= 4 is 0 Å². The molecule has 0 spiro atoms. The fourth-order valence-corrected chi connectivity index (χ4v) is 1.09. The van der Waals surface area contributed by atoms with Crippen molar-refractivity contribution in [3.8, 4) is 0 Å². The zero-order valence-electron chi connectivity index (χ0n) is 6.72. The second-order valence-electron chi connectivity index (χ2n) is 2.70. The van der Waals surface area contributed by atoms with Crippen molar-refractivity contribution in [3.63, 3.8) is 0 Å². The highest BCUT2D eigenvalue weighted by Gasteiger charge is 2.26. The van der Waals surface area contributed by atoms with Gasteiger partial charge in [-0.2, -0.15) is 0 Å². The van der Waals surface area contributed by atoms with Crippen molar-refractivity contribution in [3.05, 3.63) is 35.4 Å². The molecular weight excluding hydrogens is 162 g/mol. The van der Waals surface area contributed by atoms with Crippen molar-refractivity contribution in [1.29, 1.82) is 0 Å². The van der Waals surface area contributed by atoms with Gasteiger partial charge in [-0.3, -0.25) is 0 Å². The molecule has 1 aromatic carbocycles. The lowest BCUT2D eigenvalue weighted by atomic mass is 10.0. The Hall–Kier alpha value is -0.960. The molecule has 0 aliphatic carbocycles. The van der Waals surface area contributed by atoms with Crippen LogP contribution >= 0.6 is 0 Å². The average molecular weight is 172 g/mol. The molecule has 0 saturated heterocycles. The minimum absolute atomic E-state index is 0.104. The molecule has 1 aromatic rings. The van der Waals surface area contributed by atoms with Gasteiger partial charge in [0.05, 0.1) is 6.61 Å². The summed E-state index contributed by atoms with van der Waals surface area (Å²) in [5.74, 6) is -2.88. The molecule has 1 rings (SSSR count). The summed E-state index contributed by atoms with van der Waals surface area (Å²) < 4.78 is 25.6. The zero-order chi connectivity index (χ0) is 9.19. The molecule has 3 heteroatoms. The minimum Gasteiger partial charge on any atom is -0.392 e. The SMILES string of the molecule is CC(F)(F)c1ccccc1CO. The van der Waals surface area contributed by atoms with E-state index in [4.69, 9.17) is 5.11 Å². The van der Waals surface area contributed by atoms with Crippen LogP contribution in [0.5, 0.6) is 0 Å². The lowest BCUT2D eigenvalue weighted by Crippen LogP contribution is -2.10. The Kier molecular flexibility index (Phi) is 2.43. The van der Waals surface area contributed by atoms with Crippen LogP contribution in [-0.4, -0.2) is 5.11 Å². The number of rotatable bonds is 2. The summed E-state index contributed by atoms with van der Waals surface area (Å²) in [4.78, 5) is 0. The first kappa shape index (κ1) is 9.13. The van der Waals surface area contributed by atoms with E-state index in [1.54, 1.807) is 6.07 Å². The Morgan fingerprint density at radius 1 is 1.33 bits per heavy atom. The standard InChI is InChI=1S/C9H10F2O/c1-9(10,11)8-5-3-2-4-7(8)6-12/h2-5,12H,6H2,1H3. The Morgan fingerprint density at radius 3 is 2.33 bits per heavy atom. The number of aliphatic hydroxyl groups is 1.